The molecule has 0 saturated carbocycles. The fourth-order valence-corrected chi connectivity index (χ4v) is 2.80. The average Bonchev–Trinajstić information content (AvgIpc) is 2.79. The van der Waals surface area contributed by atoms with Gasteiger partial charge >= 0.3 is 0 Å². The van der Waals surface area contributed by atoms with Crippen LogP contribution in [0.4, 0.5) is 0 Å². The molecule has 0 bridgehead atoms. The van der Waals surface area contributed by atoms with Crippen molar-refractivity contribution in [2.24, 2.45) is 10.7 Å². The van der Waals surface area contributed by atoms with Crippen LogP contribution in [0.25, 0.3) is 0 Å². The third kappa shape index (κ3) is 4.41. The van der Waals surface area contributed by atoms with Crippen LogP contribution in [0, 0.1) is 0 Å². The number of halogens is 1. The minimum absolute atomic E-state index is 0. The Bertz CT molecular complexity index is 514. The maximum atomic E-state index is 6.10. The molecule has 1 aromatic carbocycles. The molecule has 1 saturated heterocycles. The smallest absolute Gasteiger partial charge is 0.231 e. The first-order valence-corrected chi connectivity index (χ1v) is 7.76. The number of guanidine groups is 1. The molecule has 0 aliphatic carbocycles. The normalized spacial score (nSPS) is 17.8. The Morgan fingerprint density at radius 1 is 1.09 bits per heavy atom. The summed E-state index contributed by atoms with van der Waals surface area (Å²) in [7, 11) is 0. The first-order valence-electron chi connectivity index (χ1n) is 7.76. The van der Waals surface area contributed by atoms with E-state index in [2.05, 4.69) is 16.0 Å². The quantitative estimate of drug-likeness (QED) is 0.467. The summed E-state index contributed by atoms with van der Waals surface area (Å²) < 4.78 is 10.7. The summed E-state index contributed by atoms with van der Waals surface area (Å²) in [6.07, 6.45) is 5.92. The molecule has 0 radical (unpaired) electrons. The summed E-state index contributed by atoms with van der Waals surface area (Å²) in [6, 6.07) is 6.05. The highest BCUT2D eigenvalue weighted by Gasteiger charge is 2.13. The van der Waals surface area contributed by atoms with Crippen molar-refractivity contribution in [2.45, 2.75) is 32.1 Å². The molecule has 1 aromatic rings. The molecular formula is C16H24IN3O2. The number of ether oxygens (including phenoxy) is 2. The van der Waals surface area contributed by atoms with Gasteiger partial charge in [-0.25, -0.2) is 0 Å². The van der Waals surface area contributed by atoms with Crippen molar-refractivity contribution >= 4 is 29.9 Å². The maximum absolute atomic E-state index is 6.10. The highest BCUT2D eigenvalue weighted by atomic mass is 127. The summed E-state index contributed by atoms with van der Waals surface area (Å²) in [5, 5.41) is 0. The van der Waals surface area contributed by atoms with Gasteiger partial charge in [-0.15, -0.1) is 24.0 Å². The second-order valence-electron chi connectivity index (χ2n) is 5.58. The van der Waals surface area contributed by atoms with Crippen molar-refractivity contribution in [3.63, 3.8) is 0 Å². The van der Waals surface area contributed by atoms with Crippen LogP contribution in [-0.4, -0.2) is 37.3 Å². The molecule has 2 aliphatic rings. The van der Waals surface area contributed by atoms with Gasteiger partial charge in [0.15, 0.2) is 17.5 Å². The fraction of sp³-hybridized carbons (Fsp3) is 0.562. The molecule has 6 heteroatoms. The highest BCUT2D eigenvalue weighted by Crippen LogP contribution is 2.32. The molecule has 22 heavy (non-hydrogen) atoms. The minimum atomic E-state index is 0. The molecular weight excluding hydrogens is 393 g/mol. The van der Waals surface area contributed by atoms with Gasteiger partial charge in [0.2, 0.25) is 6.79 Å². The number of fused-ring (bicyclic) bond motifs is 1. The van der Waals surface area contributed by atoms with E-state index in [1.807, 2.05) is 12.1 Å². The van der Waals surface area contributed by atoms with E-state index < -0.39 is 0 Å². The van der Waals surface area contributed by atoms with Crippen molar-refractivity contribution in [1.82, 2.24) is 4.90 Å². The van der Waals surface area contributed by atoms with E-state index in [1.165, 1.54) is 31.2 Å². The summed E-state index contributed by atoms with van der Waals surface area (Å²) in [5.41, 5.74) is 7.30. The van der Waals surface area contributed by atoms with Crippen LogP contribution in [0.5, 0.6) is 11.5 Å². The van der Waals surface area contributed by atoms with Gasteiger partial charge in [0.1, 0.15) is 0 Å². The van der Waals surface area contributed by atoms with E-state index in [9.17, 15) is 0 Å². The molecule has 2 aliphatic heterocycles. The van der Waals surface area contributed by atoms with Crippen molar-refractivity contribution in [3.05, 3.63) is 23.8 Å². The van der Waals surface area contributed by atoms with Crippen LogP contribution in [0.2, 0.25) is 0 Å². The van der Waals surface area contributed by atoms with Crippen LogP contribution >= 0.6 is 24.0 Å². The molecule has 1 fully saturated rings. The van der Waals surface area contributed by atoms with E-state index >= 15 is 0 Å². The van der Waals surface area contributed by atoms with E-state index in [0.717, 1.165) is 31.0 Å². The monoisotopic (exact) mass is 417 g/mol. The largest absolute Gasteiger partial charge is 0.454 e. The summed E-state index contributed by atoms with van der Waals surface area (Å²) in [4.78, 5) is 6.74. The van der Waals surface area contributed by atoms with Gasteiger partial charge in [-0.3, -0.25) is 4.99 Å². The zero-order chi connectivity index (χ0) is 14.5. The van der Waals surface area contributed by atoms with Gasteiger partial charge in [0.25, 0.3) is 0 Å². The zero-order valence-corrected chi connectivity index (χ0v) is 15.1. The second-order valence-corrected chi connectivity index (χ2v) is 5.58. The number of hydrogen-bond acceptors (Lipinski definition) is 3. The lowest BCUT2D eigenvalue weighted by atomic mass is 10.1. The number of nitrogens with two attached hydrogens (primary N) is 1. The SMILES string of the molecule is I.NC(=NCCc1ccc2c(c1)OCO2)N1CCCCCC1. The average molecular weight is 417 g/mol. The third-order valence-corrected chi connectivity index (χ3v) is 4.04. The Kier molecular flexibility index (Phi) is 6.60. The molecule has 2 heterocycles. The van der Waals surface area contributed by atoms with Gasteiger partial charge < -0.3 is 20.1 Å². The van der Waals surface area contributed by atoms with Gasteiger partial charge in [-0.2, -0.15) is 0 Å². The Labute approximate surface area is 148 Å². The Morgan fingerprint density at radius 2 is 1.82 bits per heavy atom. The molecule has 0 amide bonds. The summed E-state index contributed by atoms with van der Waals surface area (Å²) in [5.74, 6) is 2.35. The van der Waals surface area contributed by atoms with E-state index in [0.29, 0.717) is 19.3 Å². The molecule has 0 aromatic heterocycles. The first-order chi connectivity index (χ1) is 10.3. The van der Waals surface area contributed by atoms with Crippen molar-refractivity contribution in [2.75, 3.05) is 26.4 Å². The first kappa shape index (κ1) is 17.2. The maximum Gasteiger partial charge on any atom is 0.231 e. The van der Waals surface area contributed by atoms with Crippen LogP contribution in [0.3, 0.4) is 0 Å². The fourth-order valence-electron chi connectivity index (χ4n) is 2.80. The zero-order valence-electron chi connectivity index (χ0n) is 12.8. The van der Waals surface area contributed by atoms with E-state index in [1.54, 1.807) is 0 Å². The lowest BCUT2D eigenvalue weighted by Crippen LogP contribution is -2.38. The lowest BCUT2D eigenvalue weighted by Gasteiger charge is -2.21. The van der Waals surface area contributed by atoms with Crippen LogP contribution in [-0.2, 0) is 6.42 Å². The summed E-state index contributed by atoms with van der Waals surface area (Å²) >= 11 is 0. The Hall–Kier alpha value is -1.18. The third-order valence-electron chi connectivity index (χ3n) is 4.04. The van der Waals surface area contributed by atoms with Gasteiger partial charge in [-0.05, 0) is 37.0 Å². The number of benzene rings is 1. The van der Waals surface area contributed by atoms with Crippen LogP contribution < -0.4 is 15.2 Å². The minimum Gasteiger partial charge on any atom is -0.454 e. The lowest BCUT2D eigenvalue weighted by molar-refractivity contribution is 0.174. The molecule has 0 atom stereocenters. The van der Waals surface area contributed by atoms with Gasteiger partial charge in [0, 0.05) is 19.6 Å². The van der Waals surface area contributed by atoms with Gasteiger partial charge in [-0.1, -0.05) is 18.9 Å². The van der Waals surface area contributed by atoms with Crippen molar-refractivity contribution < 1.29 is 9.47 Å². The molecule has 122 valence electrons. The number of nitrogens with zero attached hydrogens (tertiary/aromatic N) is 2. The van der Waals surface area contributed by atoms with Crippen LogP contribution in [0.1, 0.15) is 31.2 Å². The predicted molar refractivity (Wildman–Crippen MR) is 98.2 cm³/mol. The second kappa shape index (κ2) is 8.45. The molecule has 2 N–H and O–H groups in total. The van der Waals surface area contributed by atoms with E-state index in [-0.39, 0.29) is 24.0 Å². The molecule has 3 rings (SSSR count). The predicted octanol–water partition coefficient (Wildman–Crippen LogP) is 2.77. The van der Waals surface area contributed by atoms with Crippen molar-refractivity contribution in [1.29, 1.82) is 0 Å². The summed E-state index contributed by atoms with van der Waals surface area (Å²) in [6.45, 7) is 3.11. The number of hydrogen-bond donors (Lipinski definition) is 1. The molecule has 5 nitrogen and oxygen atoms in total. The number of likely N-dealkylation sites (tertiary alicyclic amines) is 1. The molecule has 0 spiro atoms. The van der Waals surface area contributed by atoms with Crippen molar-refractivity contribution in [3.8, 4) is 11.5 Å². The number of aliphatic imine (C=N–C) groups is 1. The molecule has 0 unspecified atom stereocenters. The standard InChI is InChI=1S/C16H23N3O2.HI/c17-16(19-9-3-1-2-4-10-19)18-8-7-13-5-6-14-15(11-13)21-12-20-14;/h5-6,11H,1-4,7-10,12H2,(H2,17,18);1H. The highest BCUT2D eigenvalue weighted by molar-refractivity contribution is 14.0. The van der Waals surface area contributed by atoms with E-state index in [4.69, 9.17) is 15.2 Å². The van der Waals surface area contributed by atoms with Gasteiger partial charge in [0.05, 0.1) is 0 Å². The topological polar surface area (TPSA) is 60.1 Å². The Balaban J connectivity index is 0.00000176. The number of rotatable bonds is 3. The van der Waals surface area contributed by atoms with Crippen LogP contribution in [0.15, 0.2) is 23.2 Å². The Morgan fingerprint density at radius 3 is 2.59 bits per heavy atom.